The van der Waals surface area contributed by atoms with Gasteiger partial charge in [-0.1, -0.05) is 12.1 Å². The molecule has 11 heteroatoms. The minimum atomic E-state index is -0.561. The lowest BCUT2D eigenvalue weighted by Crippen LogP contribution is -2.41. The van der Waals surface area contributed by atoms with Gasteiger partial charge >= 0.3 is 0 Å². The van der Waals surface area contributed by atoms with Crippen LogP contribution >= 0.6 is 11.3 Å². The van der Waals surface area contributed by atoms with Crippen LogP contribution in [0.15, 0.2) is 72.1 Å². The molecule has 4 aromatic rings. The number of anilines is 3. The number of amides is 2. The summed E-state index contributed by atoms with van der Waals surface area (Å²) in [5.74, 6) is -1.04. The van der Waals surface area contributed by atoms with E-state index in [4.69, 9.17) is 9.47 Å². The maximum absolute atomic E-state index is 14.4. The summed E-state index contributed by atoms with van der Waals surface area (Å²) in [6, 6.07) is 17.9. The highest BCUT2D eigenvalue weighted by molar-refractivity contribution is 7.12. The average Bonchev–Trinajstić information content (AvgIpc) is 3.53. The summed E-state index contributed by atoms with van der Waals surface area (Å²) in [6.45, 7) is 4.49. The van der Waals surface area contributed by atoms with E-state index in [2.05, 4.69) is 20.9 Å². The zero-order chi connectivity index (χ0) is 29.8. The second kappa shape index (κ2) is 12.7. The molecule has 0 bridgehead atoms. The van der Waals surface area contributed by atoms with Crippen LogP contribution in [-0.4, -0.2) is 61.9 Å². The predicted octanol–water partition coefficient (Wildman–Crippen LogP) is 5.07. The van der Waals surface area contributed by atoms with Crippen LogP contribution < -0.4 is 20.7 Å². The average molecular weight is 601 g/mol. The number of fused-ring (bicyclic) bond motifs is 2. The predicted molar refractivity (Wildman–Crippen MR) is 162 cm³/mol. The largest absolute Gasteiger partial charge is 0.488 e. The van der Waals surface area contributed by atoms with E-state index < -0.39 is 11.7 Å². The molecule has 2 aliphatic rings. The summed E-state index contributed by atoms with van der Waals surface area (Å²) in [7, 11) is 0. The summed E-state index contributed by atoms with van der Waals surface area (Å²) in [5, 5.41) is 10.5. The van der Waals surface area contributed by atoms with Gasteiger partial charge in [0.2, 0.25) is 0 Å². The second-order valence-electron chi connectivity index (χ2n) is 10.2. The molecule has 6 rings (SSSR count). The molecule has 1 fully saturated rings. The monoisotopic (exact) mass is 600 g/mol. The number of benzene rings is 3. The number of ketones is 1. The number of hydrogen-bond donors (Lipinski definition) is 3. The summed E-state index contributed by atoms with van der Waals surface area (Å²) in [4.78, 5) is 41.5. The first kappa shape index (κ1) is 28.5. The van der Waals surface area contributed by atoms with Crippen molar-refractivity contribution in [2.24, 2.45) is 0 Å². The molecule has 0 unspecified atom stereocenters. The quantitative estimate of drug-likeness (QED) is 0.259. The normalized spacial score (nSPS) is 14.6. The molecule has 1 aromatic heterocycles. The van der Waals surface area contributed by atoms with Gasteiger partial charge in [-0.05, 0) is 53.9 Å². The first-order chi connectivity index (χ1) is 20.9. The fourth-order valence-corrected chi connectivity index (χ4v) is 5.59. The Hall–Kier alpha value is -4.58. The molecule has 0 atom stereocenters. The summed E-state index contributed by atoms with van der Waals surface area (Å²) in [6.07, 6.45) is 0. The number of nitrogens with zero attached hydrogens (tertiary/aromatic N) is 1. The highest BCUT2D eigenvalue weighted by Gasteiger charge is 2.24. The van der Waals surface area contributed by atoms with Crippen LogP contribution in [0, 0.1) is 5.82 Å². The van der Waals surface area contributed by atoms with E-state index >= 15 is 0 Å². The van der Waals surface area contributed by atoms with Crippen molar-refractivity contribution < 1.29 is 28.2 Å². The van der Waals surface area contributed by atoms with Crippen molar-refractivity contribution in [1.82, 2.24) is 10.2 Å². The smallest absolute Gasteiger partial charge is 0.265 e. The molecule has 0 aliphatic carbocycles. The second-order valence-corrected chi connectivity index (χ2v) is 11.1. The molecule has 2 aliphatic heterocycles. The Morgan fingerprint density at radius 1 is 0.930 bits per heavy atom. The van der Waals surface area contributed by atoms with Crippen molar-refractivity contribution in [3.8, 4) is 5.75 Å². The molecule has 43 heavy (non-hydrogen) atoms. The molecule has 1 saturated heterocycles. The van der Waals surface area contributed by atoms with E-state index in [9.17, 15) is 18.8 Å². The fraction of sp³-hybridized carbons (Fsp3) is 0.219. The lowest BCUT2D eigenvalue weighted by atomic mass is 9.96. The maximum atomic E-state index is 14.4. The SMILES string of the molecule is O=C(NCCN1CCOCC1)c1ccc2c(c1)C(=O)c1ccc(Nc3ccc(F)c(NC(=O)c4cccs4)c3)cc1OC2. The van der Waals surface area contributed by atoms with Gasteiger partial charge < -0.3 is 25.4 Å². The lowest BCUT2D eigenvalue weighted by molar-refractivity contribution is 0.0383. The lowest BCUT2D eigenvalue weighted by Gasteiger charge is -2.26. The van der Waals surface area contributed by atoms with Gasteiger partial charge in [0.1, 0.15) is 18.2 Å². The van der Waals surface area contributed by atoms with Gasteiger partial charge in [0.05, 0.1) is 29.3 Å². The number of thiophene rings is 1. The molecule has 2 amide bonds. The van der Waals surface area contributed by atoms with Crippen molar-refractivity contribution in [1.29, 1.82) is 0 Å². The Morgan fingerprint density at radius 3 is 2.56 bits per heavy atom. The van der Waals surface area contributed by atoms with Crippen LogP contribution in [-0.2, 0) is 11.3 Å². The summed E-state index contributed by atoms with van der Waals surface area (Å²) >= 11 is 1.27. The van der Waals surface area contributed by atoms with Gasteiger partial charge in [-0.25, -0.2) is 4.39 Å². The van der Waals surface area contributed by atoms with Gasteiger partial charge in [0.25, 0.3) is 11.8 Å². The van der Waals surface area contributed by atoms with Crippen LogP contribution in [0.1, 0.15) is 41.5 Å². The summed E-state index contributed by atoms with van der Waals surface area (Å²) in [5.41, 5.74) is 3.08. The van der Waals surface area contributed by atoms with E-state index in [0.717, 1.165) is 19.6 Å². The van der Waals surface area contributed by atoms with Crippen LogP contribution in [0.2, 0.25) is 0 Å². The number of ether oxygens (including phenoxy) is 2. The Bertz CT molecular complexity index is 1670. The first-order valence-corrected chi connectivity index (χ1v) is 14.8. The van der Waals surface area contributed by atoms with Crippen molar-refractivity contribution in [3.05, 3.63) is 105 Å². The minimum absolute atomic E-state index is 0.0426. The first-order valence-electron chi connectivity index (χ1n) is 13.9. The Labute approximate surface area is 251 Å². The molecule has 9 nitrogen and oxygen atoms in total. The van der Waals surface area contributed by atoms with Gasteiger partial charge in [0, 0.05) is 60.3 Å². The molecule has 0 spiro atoms. The number of carbonyl (C=O) groups is 3. The fourth-order valence-electron chi connectivity index (χ4n) is 4.97. The number of carbonyl (C=O) groups excluding carboxylic acids is 3. The van der Waals surface area contributed by atoms with Gasteiger partial charge in [0.15, 0.2) is 5.78 Å². The number of nitrogens with one attached hydrogen (secondary N) is 3. The Balaban J connectivity index is 1.14. The van der Waals surface area contributed by atoms with Crippen molar-refractivity contribution in [2.75, 3.05) is 50.0 Å². The van der Waals surface area contributed by atoms with Crippen molar-refractivity contribution in [2.45, 2.75) is 6.61 Å². The Kier molecular flexibility index (Phi) is 8.45. The van der Waals surface area contributed by atoms with E-state index in [1.807, 2.05) is 0 Å². The van der Waals surface area contributed by atoms with Crippen LogP contribution in [0.25, 0.3) is 0 Å². The third-order valence-electron chi connectivity index (χ3n) is 7.29. The van der Waals surface area contributed by atoms with Crippen molar-refractivity contribution in [3.63, 3.8) is 0 Å². The standard InChI is InChI=1S/C32H29FN4O5S/c33-26-8-6-22(17-27(26)36-32(40)29-2-1-15-43-29)35-23-5-7-24-28(18-23)42-19-21-4-3-20(16-25(21)30(24)38)31(39)34-9-10-37-11-13-41-14-12-37/h1-8,15-18,35H,9-14,19H2,(H,34,39)(H,36,40). The van der Waals surface area contributed by atoms with Gasteiger partial charge in [-0.15, -0.1) is 11.3 Å². The maximum Gasteiger partial charge on any atom is 0.265 e. The number of hydrogen-bond acceptors (Lipinski definition) is 8. The third-order valence-corrected chi connectivity index (χ3v) is 8.16. The molecular weight excluding hydrogens is 571 g/mol. The molecular formula is C32H29FN4O5S. The van der Waals surface area contributed by atoms with E-state index in [1.165, 1.54) is 23.5 Å². The molecule has 220 valence electrons. The highest BCUT2D eigenvalue weighted by atomic mass is 32.1. The molecule has 0 radical (unpaired) electrons. The van der Waals surface area contributed by atoms with E-state index in [1.54, 1.807) is 60.0 Å². The molecule has 3 N–H and O–H groups in total. The van der Waals surface area contributed by atoms with Crippen molar-refractivity contribution >= 4 is 46.0 Å². The van der Waals surface area contributed by atoms with Gasteiger partial charge in [-0.3, -0.25) is 19.3 Å². The Morgan fingerprint density at radius 2 is 1.74 bits per heavy atom. The number of morpholine rings is 1. The van der Waals surface area contributed by atoms with Crippen LogP contribution in [0.3, 0.4) is 0 Å². The number of rotatable bonds is 8. The number of halogens is 1. The zero-order valence-electron chi connectivity index (χ0n) is 23.2. The molecule has 0 saturated carbocycles. The van der Waals surface area contributed by atoms with Crippen LogP contribution in [0.4, 0.5) is 21.5 Å². The topological polar surface area (TPSA) is 109 Å². The van der Waals surface area contributed by atoms with Crippen LogP contribution in [0.5, 0.6) is 5.75 Å². The minimum Gasteiger partial charge on any atom is -0.488 e. The van der Waals surface area contributed by atoms with Gasteiger partial charge in [-0.2, -0.15) is 0 Å². The molecule has 3 heterocycles. The van der Waals surface area contributed by atoms with E-state index in [-0.39, 0.29) is 24.0 Å². The summed E-state index contributed by atoms with van der Waals surface area (Å²) < 4.78 is 25.8. The van der Waals surface area contributed by atoms with E-state index in [0.29, 0.717) is 64.0 Å². The molecule has 3 aromatic carbocycles. The highest BCUT2D eigenvalue weighted by Crippen LogP contribution is 2.33. The zero-order valence-corrected chi connectivity index (χ0v) is 24.0. The third kappa shape index (κ3) is 6.59.